The molecule has 2 saturated carbocycles. The summed E-state index contributed by atoms with van der Waals surface area (Å²) in [5, 5.41) is 2.32. The van der Waals surface area contributed by atoms with Crippen LogP contribution < -0.4 is 9.47 Å². The van der Waals surface area contributed by atoms with E-state index < -0.39 is 5.79 Å². The second-order valence-corrected chi connectivity index (χ2v) is 11.6. The van der Waals surface area contributed by atoms with Gasteiger partial charge in [-0.05, 0) is 82.9 Å². The van der Waals surface area contributed by atoms with Crippen molar-refractivity contribution < 1.29 is 23.7 Å². The Balaban J connectivity index is 0.00000180. The molecule has 3 aromatic rings. The summed E-state index contributed by atoms with van der Waals surface area (Å²) in [5.41, 5.74) is 6.86. The molecule has 1 spiro atoms. The molecule has 1 heterocycles. The Morgan fingerprint density at radius 3 is 2.07 bits per heavy atom. The first-order chi connectivity index (χ1) is 21.0. The van der Waals surface area contributed by atoms with E-state index in [-0.39, 0.29) is 5.92 Å². The van der Waals surface area contributed by atoms with Gasteiger partial charge in [0.25, 0.3) is 0 Å². The third-order valence-corrected chi connectivity index (χ3v) is 9.53. The van der Waals surface area contributed by atoms with Crippen molar-refractivity contribution in [2.75, 3.05) is 27.4 Å². The monoisotopic (exact) mass is 582 g/mol. The number of hydrogen-bond acceptors (Lipinski definition) is 5. The maximum atomic E-state index is 12.2. The molecular weight excluding hydrogens is 536 g/mol. The fourth-order valence-corrected chi connectivity index (χ4v) is 7.50. The van der Waals surface area contributed by atoms with Crippen LogP contribution in [0.4, 0.5) is 0 Å². The lowest BCUT2D eigenvalue weighted by atomic mass is 9.74. The lowest BCUT2D eigenvalue weighted by Crippen LogP contribution is -2.34. The summed E-state index contributed by atoms with van der Waals surface area (Å²) in [6.07, 6.45) is 10.5. The normalized spacial score (nSPS) is 18.7. The molecule has 3 fully saturated rings. The van der Waals surface area contributed by atoms with E-state index in [4.69, 9.17) is 18.9 Å². The highest BCUT2D eigenvalue weighted by Gasteiger charge is 2.41. The highest BCUT2D eigenvalue weighted by molar-refractivity contribution is 6.04. The van der Waals surface area contributed by atoms with E-state index in [9.17, 15) is 4.79 Å². The van der Waals surface area contributed by atoms with E-state index in [1.807, 2.05) is 26.0 Å². The van der Waals surface area contributed by atoms with E-state index in [2.05, 4.69) is 49.6 Å². The summed E-state index contributed by atoms with van der Waals surface area (Å²) >= 11 is 0. The van der Waals surface area contributed by atoms with Crippen LogP contribution in [0.25, 0.3) is 34.1 Å². The Bertz CT molecular complexity index is 1480. The first-order valence-electron chi connectivity index (χ1n) is 15.9. The second kappa shape index (κ2) is 13.5. The summed E-state index contributed by atoms with van der Waals surface area (Å²) in [4.78, 5) is 12.2. The van der Waals surface area contributed by atoms with Gasteiger partial charge < -0.3 is 18.9 Å². The zero-order valence-corrected chi connectivity index (χ0v) is 26.3. The van der Waals surface area contributed by atoms with Crippen molar-refractivity contribution in [2.45, 2.75) is 82.8 Å². The van der Waals surface area contributed by atoms with Crippen LogP contribution in [0.1, 0.15) is 99.3 Å². The van der Waals surface area contributed by atoms with Crippen LogP contribution in [0.3, 0.4) is 0 Å². The molecule has 1 saturated heterocycles. The summed E-state index contributed by atoms with van der Waals surface area (Å²) in [5.74, 6) is 2.21. The van der Waals surface area contributed by atoms with Gasteiger partial charge in [-0.3, -0.25) is 4.79 Å². The van der Waals surface area contributed by atoms with Crippen LogP contribution in [0.5, 0.6) is 11.5 Å². The van der Waals surface area contributed by atoms with Gasteiger partial charge in [0, 0.05) is 36.6 Å². The maximum absolute atomic E-state index is 12.2. The number of methoxy groups -OCH3 is 2. The number of benzene rings is 3. The molecule has 3 aromatic carbocycles. The Morgan fingerprint density at radius 1 is 0.814 bits per heavy atom. The lowest BCUT2D eigenvalue weighted by Gasteiger charge is -2.36. The fraction of sp³-hybridized carbons (Fsp3) is 0.447. The van der Waals surface area contributed by atoms with Crippen molar-refractivity contribution in [3.63, 3.8) is 0 Å². The highest BCUT2D eigenvalue weighted by Crippen LogP contribution is 2.50. The molecular formula is C38H46O5. The van der Waals surface area contributed by atoms with Gasteiger partial charge in [0.15, 0.2) is 5.79 Å². The Hall–Kier alpha value is -3.41. The average molecular weight is 583 g/mol. The number of carbonyl (C=O) groups is 1. The Labute approximate surface area is 256 Å². The molecule has 0 aromatic heterocycles. The summed E-state index contributed by atoms with van der Waals surface area (Å²) < 4.78 is 23.9. The van der Waals surface area contributed by atoms with Crippen LogP contribution in [-0.2, 0) is 14.3 Å². The van der Waals surface area contributed by atoms with Crippen molar-refractivity contribution in [1.82, 2.24) is 0 Å². The van der Waals surface area contributed by atoms with Crippen molar-refractivity contribution >= 4 is 28.7 Å². The molecule has 0 amide bonds. The standard InChI is InChI=1S/C36H40O5.C2H6/c1-5-26-27(6-2)34(24-10-12-25(37)13-11-24)31(22-33(26)39-4)29-8-7-9-30-32(38-3)15-14-28(35(29)30)23-16-18-36(19-17-23)40-20-21-41-36;1-2/h5-9,14-15,22-24H,1-2,10-13,16-21H2,3-4H3;1-2H3. The third kappa shape index (κ3) is 5.77. The Morgan fingerprint density at radius 2 is 1.47 bits per heavy atom. The SMILES string of the molecule is C=Cc1c(OC)cc(-c2cccc3c(OC)ccc(C4CCC5(CC4)OCCO5)c23)c(C2CCC(=O)CC2)c1C=C.CC. The molecule has 6 rings (SSSR count). The van der Waals surface area contributed by atoms with Gasteiger partial charge in [0.1, 0.15) is 17.3 Å². The Kier molecular flexibility index (Phi) is 9.73. The van der Waals surface area contributed by atoms with Crippen LogP contribution in [0.2, 0.25) is 0 Å². The fourth-order valence-electron chi connectivity index (χ4n) is 7.50. The van der Waals surface area contributed by atoms with E-state index >= 15 is 0 Å². The third-order valence-electron chi connectivity index (χ3n) is 9.53. The number of fused-ring (bicyclic) bond motifs is 1. The predicted molar refractivity (Wildman–Crippen MR) is 176 cm³/mol. The molecule has 0 bridgehead atoms. The van der Waals surface area contributed by atoms with Crippen molar-refractivity contribution in [3.8, 4) is 22.6 Å². The van der Waals surface area contributed by atoms with Crippen molar-refractivity contribution in [2.24, 2.45) is 0 Å². The van der Waals surface area contributed by atoms with Gasteiger partial charge in [-0.1, -0.05) is 63.4 Å². The zero-order valence-electron chi connectivity index (χ0n) is 26.3. The van der Waals surface area contributed by atoms with Crippen molar-refractivity contribution in [1.29, 1.82) is 0 Å². The minimum absolute atomic E-state index is 0.246. The zero-order chi connectivity index (χ0) is 30.6. The number of Topliss-reactive ketones (excluding diaryl/α,β-unsaturated/α-hetero) is 1. The first kappa shape index (κ1) is 31.0. The molecule has 228 valence electrons. The van der Waals surface area contributed by atoms with Gasteiger partial charge in [-0.25, -0.2) is 0 Å². The van der Waals surface area contributed by atoms with Gasteiger partial charge >= 0.3 is 0 Å². The topological polar surface area (TPSA) is 54.0 Å². The summed E-state index contributed by atoms with van der Waals surface area (Å²) in [7, 11) is 3.45. The predicted octanol–water partition coefficient (Wildman–Crippen LogP) is 9.46. The van der Waals surface area contributed by atoms with Crippen LogP contribution >= 0.6 is 0 Å². The molecule has 0 N–H and O–H groups in total. The molecule has 2 aliphatic carbocycles. The maximum Gasteiger partial charge on any atom is 0.168 e. The highest BCUT2D eigenvalue weighted by atomic mass is 16.7. The first-order valence-corrected chi connectivity index (χ1v) is 15.9. The molecule has 0 radical (unpaired) electrons. The molecule has 0 unspecified atom stereocenters. The molecule has 5 nitrogen and oxygen atoms in total. The summed E-state index contributed by atoms with van der Waals surface area (Å²) in [6.45, 7) is 13.7. The number of rotatable bonds is 7. The van der Waals surface area contributed by atoms with E-state index in [0.717, 1.165) is 77.7 Å². The second-order valence-electron chi connectivity index (χ2n) is 11.6. The van der Waals surface area contributed by atoms with Crippen molar-refractivity contribution in [3.05, 3.63) is 71.8 Å². The lowest BCUT2D eigenvalue weighted by molar-refractivity contribution is -0.178. The molecule has 5 heteroatoms. The molecule has 43 heavy (non-hydrogen) atoms. The van der Waals surface area contributed by atoms with E-state index in [0.29, 0.717) is 37.8 Å². The smallest absolute Gasteiger partial charge is 0.168 e. The minimum Gasteiger partial charge on any atom is -0.496 e. The number of carbonyl (C=O) groups excluding carboxylic acids is 1. The van der Waals surface area contributed by atoms with Crippen LogP contribution in [0, 0.1) is 0 Å². The van der Waals surface area contributed by atoms with Gasteiger partial charge in [-0.2, -0.15) is 0 Å². The van der Waals surface area contributed by atoms with Gasteiger partial charge in [0.05, 0.1) is 27.4 Å². The summed E-state index contributed by atoms with van der Waals surface area (Å²) in [6, 6.07) is 13.0. The van der Waals surface area contributed by atoms with E-state index in [1.54, 1.807) is 14.2 Å². The minimum atomic E-state index is -0.403. The van der Waals surface area contributed by atoms with E-state index in [1.165, 1.54) is 16.5 Å². The number of ether oxygens (including phenoxy) is 4. The molecule has 0 atom stereocenters. The molecule has 3 aliphatic rings. The molecule has 1 aliphatic heterocycles. The number of hydrogen-bond donors (Lipinski definition) is 0. The van der Waals surface area contributed by atoms with Crippen LogP contribution in [-0.4, -0.2) is 39.0 Å². The average Bonchev–Trinajstić information content (AvgIpc) is 3.52. The van der Waals surface area contributed by atoms with Crippen LogP contribution in [0.15, 0.2) is 49.6 Å². The van der Waals surface area contributed by atoms with Gasteiger partial charge in [-0.15, -0.1) is 0 Å². The quantitative estimate of drug-likeness (QED) is 0.278. The largest absolute Gasteiger partial charge is 0.496 e. The number of ketones is 1. The van der Waals surface area contributed by atoms with Gasteiger partial charge in [0.2, 0.25) is 0 Å².